The molecule has 7 heteroatoms. The Bertz CT molecular complexity index is 1010. The molecule has 1 aliphatic rings. The number of hydrogen-bond donors (Lipinski definition) is 1. The summed E-state index contributed by atoms with van der Waals surface area (Å²) < 4.78 is 18.4. The van der Waals surface area contributed by atoms with Crippen LogP contribution in [0.15, 0.2) is 54.9 Å². The van der Waals surface area contributed by atoms with Gasteiger partial charge in [-0.1, -0.05) is 13.8 Å². The Morgan fingerprint density at radius 1 is 1.10 bits per heavy atom. The summed E-state index contributed by atoms with van der Waals surface area (Å²) in [5.74, 6) is 2.92. The molecular formula is C22H23N3O4. The zero-order chi connectivity index (χ0) is 20.4. The number of nitrogens with one attached hydrogen (secondary N) is 1. The van der Waals surface area contributed by atoms with Crippen LogP contribution >= 0.6 is 0 Å². The van der Waals surface area contributed by atoms with Crippen LogP contribution in [0.3, 0.4) is 0 Å². The van der Waals surface area contributed by atoms with E-state index >= 15 is 0 Å². The molecule has 1 N–H and O–H groups in total. The number of carbonyl (C=O) groups excluding carboxylic acids is 1. The number of aromatic nitrogens is 2. The van der Waals surface area contributed by atoms with E-state index in [0.29, 0.717) is 28.9 Å². The molecule has 0 radical (unpaired) electrons. The maximum atomic E-state index is 12.5. The summed E-state index contributed by atoms with van der Waals surface area (Å²) in [4.78, 5) is 16.9. The first kappa shape index (κ1) is 18.9. The van der Waals surface area contributed by atoms with Crippen molar-refractivity contribution < 1.29 is 19.0 Å². The van der Waals surface area contributed by atoms with E-state index in [2.05, 4.69) is 24.1 Å². The molecule has 0 fully saturated rings. The molecule has 2 heterocycles. The molecule has 0 saturated heterocycles. The van der Waals surface area contributed by atoms with Crippen molar-refractivity contribution in [1.29, 1.82) is 0 Å². The number of anilines is 1. The van der Waals surface area contributed by atoms with E-state index in [9.17, 15) is 4.79 Å². The molecule has 4 rings (SSSR count). The molecular weight excluding hydrogens is 370 g/mol. The number of ether oxygens (including phenoxy) is 3. The highest BCUT2D eigenvalue weighted by molar-refractivity contribution is 5.94. The van der Waals surface area contributed by atoms with Crippen LogP contribution in [0.25, 0.3) is 5.69 Å². The fourth-order valence-electron chi connectivity index (χ4n) is 3.12. The molecule has 7 nitrogen and oxygen atoms in total. The van der Waals surface area contributed by atoms with Gasteiger partial charge in [0.1, 0.15) is 11.6 Å². The van der Waals surface area contributed by atoms with Crippen molar-refractivity contribution in [3.8, 4) is 22.9 Å². The number of carbonyl (C=O) groups is 1. The predicted octanol–water partition coefficient (Wildman–Crippen LogP) is 4.13. The van der Waals surface area contributed by atoms with Crippen LogP contribution in [0.4, 0.5) is 5.69 Å². The van der Waals surface area contributed by atoms with Crippen molar-refractivity contribution >= 4 is 11.6 Å². The normalized spacial score (nSPS) is 13.4. The zero-order valence-electron chi connectivity index (χ0n) is 16.6. The molecule has 29 heavy (non-hydrogen) atoms. The molecule has 0 saturated carbocycles. The standard InChI is InChI=1S/C22H23N3O4/c1-14(2)21-23-10-11-25(21)17-6-4-16(5-7-17)24-22(26)15(3)29-18-8-9-19-20(12-18)28-13-27-19/h4-12,14-15H,13H2,1-3H3,(H,24,26)/t15-/m0/s1. The number of hydrogen-bond acceptors (Lipinski definition) is 5. The maximum absolute atomic E-state index is 12.5. The van der Waals surface area contributed by atoms with E-state index in [1.807, 2.05) is 35.0 Å². The number of benzene rings is 2. The minimum Gasteiger partial charge on any atom is -0.481 e. The fraction of sp³-hybridized carbons (Fsp3) is 0.273. The highest BCUT2D eigenvalue weighted by atomic mass is 16.7. The Hall–Kier alpha value is -3.48. The molecule has 1 atom stereocenters. The summed E-state index contributed by atoms with van der Waals surface area (Å²) in [7, 11) is 0. The van der Waals surface area contributed by atoms with Gasteiger partial charge < -0.3 is 24.1 Å². The Morgan fingerprint density at radius 3 is 2.62 bits per heavy atom. The smallest absolute Gasteiger partial charge is 0.265 e. The van der Waals surface area contributed by atoms with Crippen LogP contribution in [-0.2, 0) is 4.79 Å². The number of fused-ring (bicyclic) bond motifs is 1. The number of imidazole rings is 1. The lowest BCUT2D eigenvalue weighted by Crippen LogP contribution is -2.30. The first-order valence-corrected chi connectivity index (χ1v) is 9.52. The molecule has 1 aliphatic heterocycles. The van der Waals surface area contributed by atoms with Gasteiger partial charge in [-0.3, -0.25) is 4.79 Å². The third-order valence-electron chi connectivity index (χ3n) is 4.62. The van der Waals surface area contributed by atoms with E-state index in [-0.39, 0.29) is 12.7 Å². The third-order valence-corrected chi connectivity index (χ3v) is 4.62. The zero-order valence-corrected chi connectivity index (χ0v) is 16.6. The van der Waals surface area contributed by atoms with Crippen molar-refractivity contribution in [2.75, 3.05) is 12.1 Å². The summed E-state index contributed by atoms with van der Waals surface area (Å²) in [5, 5.41) is 2.88. The molecule has 0 aliphatic carbocycles. The maximum Gasteiger partial charge on any atom is 0.265 e. The second-order valence-electron chi connectivity index (χ2n) is 7.12. The van der Waals surface area contributed by atoms with E-state index < -0.39 is 6.10 Å². The van der Waals surface area contributed by atoms with Gasteiger partial charge in [0.2, 0.25) is 6.79 Å². The summed E-state index contributed by atoms with van der Waals surface area (Å²) in [6.45, 7) is 6.11. The second-order valence-corrected chi connectivity index (χ2v) is 7.12. The molecule has 150 valence electrons. The lowest BCUT2D eigenvalue weighted by atomic mass is 10.2. The first-order valence-electron chi connectivity index (χ1n) is 9.52. The first-order chi connectivity index (χ1) is 14.0. The van der Waals surface area contributed by atoms with E-state index in [1.165, 1.54) is 0 Å². The number of nitrogens with zero attached hydrogens (tertiary/aromatic N) is 2. The lowest BCUT2D eigenvalue weighted by molar-refractivity contribution is -0.122. The van der Waals surface area contributed by atoms with Gasteiger partial charge in [-0.25, -0.2) is 4.98 Å². The van der Waals surface area contributed by atoms with Gasteiger partial charge in [0, 0.05) is 35.8 Å². The molecule has 2 aromatic carbocycles. The lowest BCUT2D eigenvalue weighted by Gasteiger charge is -2.15. The minimum atomic E-state index is -0.670. The summed E-state index contributed by atoms with van der Waals surface area (Å²) in [6.07, 6.45) is 3.06. The molecule has 0 spiro atoms. The molecule has 1 aromatic heterocycles. The highest BCUT2D eigenvalue weighted by Gasteiger charge is 2.18. The van der Waals surface area contributed by atoms with Gasteiger partial charge in [-0.05, 0) is 43.3 Å². The van der Waals surface area contributed by atoms with Crippen LogP contribution in [0.1, 0.15) is 32.5 Å². The van der Waals surface area contributed by atoms with Crippen LogP contribution in [0.2, 0.25) is 0 Å². The van der Waals surface area contributed by atoms with Gasteiger partial charge in [-0.15, -0.1) is 0 Å². The average Bonchev–Trinajstić information content (AvgIpc) is 3.37. The molecule has 3 aromatic rings. The van der Waals surface area contributed by atoms with E-state index in [0.717, 1.165) is 11.5 Å². The quantitative estimate of drug-likeness (QED) is 0.682. The Morgan fingerprint density at radius 2 is 1.86 bits per heavy atom. The topological polar surface area (TPSA) is 74.6 Å². The summed E-state index contributed by atoms with van der Waals surface area (Å²) in [6, 6.07) is 12.9. The van der Waals surface area contributed by atoms with Crippen LogP contribution in [0, 0.1) is 0 Å². The summed E-state index contributed by atoms with van der Waals surface area (Å²) in [5.41, 5.74) is 1.69. The van der Waals surface area contributed by atoms with Crippen molar-refractivity contribution in [1.82, 2.24) is 9.55 Å². The van der Waals surface area contributed by atoms with Gasteiger partial charge in [0.15, 0.2) is 17.6 Å². The molecule has 0 unspecified atom stereocenters. The van der Waals surface area contributed by atoms with Gasteiger partial charge in [0.05, 0.1) is 0 Å². The van der Waals surface area contributed by atoms with Gasteiger partial charge in [-0.2, -0.15) is 0 Å². The minimum absolute atomic E-state index is 0.197. The Balaban J connectivity index is 1.39. The second kappa shape index (κ2) is 7.87. The third kappa shape index (κ3) is 4.03. The van der Waals surface area contributed by atoms with Crippen molar-refractivity contribution in [2.24, 2.45) is 0 Å². The van der Waals surface area contributed by atoms with Crippen molar-refractivity contribution in [2.45, 2.75) is 32.8 Å². The number of rotatable bonds is 6. The van der Waals surface area contributed by atoms with E-state index in [4.69, 9.17) is 14.2 Å². The Labute approximate surface area is 169 Å². The van der Waals surface area contributed by atoms with Crippen molar-refractivity contribution in [3.63, 3.8) is 0 Å². The highest BCUT2D eigenvalue weighted by Crippen LogP contribution is 2.35. The van der Waals surface area contributed by atoms with Gasteiger partial charge >= 0.3 is 0 Å². The van der Waals surface area contributed by atoms with Crippen molar-refractivity contribution in [3.05, 3.63) is 60.7 Å². The van der Waals surface area contributed by atoms with Crippen LogP contribution in [0.5, 0.6) is 17.2 Å². The fourth-order valence-corrected chi connectivity index (χ4v) is 3.12. The monoisotopic (exact) mass is 393 g/mol. The van der Waals surface area contributed by atoms with Gasteiger partial charge in [0.25, 0.3) is 5.91 Å². The summed E-state index contributed by atoms with van der Waals surface area (Å²) >= 11 is 0. The number of amides is 1. The van der Waals surface area contributed by atoms with Crippen LogP contribution < -0.4 is 19.5 Å². The Kier molecular flexibility index (Phi) is 5.12. The average molecular weight is 393 g/mol. The molecule has 0 bridgehead atoms. The van der Waals surface area contributed by atoms with E-state index in [1.54, 1.807) is 31.3 Å². The predicted molar refractivity (Wildman–Crippen MR) is 109 cm³/mol. The molecule has 1 amide bonds. The SMILES string of the molecule is CC(C)c1nccn1-c1ccc(NC(=O)[C@H](C)Oc2ccc3c(c2)OCO3)cc1. The largest absolute Gasteiger partial charge is 0.481 e. The van der Waals surface area contributed by atoms with Crippen LogP contribution in [-0.4, -0.2) is 28.4 Å².